The van der Waals surface area contributed by atoms with Crippen molar-refractivity contribution in [2.75, 3.05) is 11.9 Å². The summed E-state index contributed by atoms with van der Waals surface area (Å²) in [6, 6.07) is 6.76. The van der Waals surface area contributed by atoms with Gasteiger partial charge in [0.05, 0.1) is 16.1 Å². The summed E-state index contributed by atoms with van der Waals surface area (Å²) in [6.07, 6.45) is -4.72. The molecule has 0 fully saturated rings. The Balaban J connectivity index is 1.99. The molecule has 6 nitrogen and oxygen atoms in total. The lowest BCUT2D eigenvalue weighted by molar-refractivity contribution is -0.150. The van der Waals surface area contributed by atoms with Crippen LogP contribution in [0.4, 0.5) is 23.2 Å². The number of ether oxygens (including phenoxy) is 1. The largest absolute Gasteiger partial charge is 0.454 e. The second-order valence-electron chi connectivity index (χ2n) is 7.02. The van der Waals surface area contributed by atoms with Gasteiger partial charge in [-0.3, -0.25) is 9.59 Å². The van der Waals surface area contributed by atoms with Crippen LogP contribution in [-0.4, -0.2) is 30.4 Å². The number of hydrogen-bond acceptors (Lipinski definition) is 4. The summed E-state index contributed by atoms with van der Waals surface area (Å²) in [5, 5.41) is 3.98. The van der Waals surface area contributed by atoms with Crippen LogP contribution in [0, 0.1) is 11.7 Å². The molecule has 2 aromatic rings. The number of nitrogens with one attached hydrogen (secondary N) is 2. The van der Waals surface area contributed by atoms with Gasteiger partial charge >= 0.3 is 12.1 Å². The van der Waals surface area contributed by atoms with Crippen molar-refractivity contribution in [3.63, 3.8) is 0 Å². The topological polar surface area (TPSA) is 84.5 Å². The van der Waals surface area contributed by atoms with Gasteiger partial charge in [0.25, 0.3) is 11.8 Å². The molecule has 0 aliphatic carbocycles. The van der Waals surface area contributed by atoms with E-state index in [1.54, 1.807) is 13.8 Å². The predicted octanol–water partition coefficient (Wildman–Crippen LogP) is 4.43. The van der Waals surface area contributed by atoms with Gasteiger partial charge in [-0.05, 0) is 36.2 Å². The van der Waals surface area contributed by atoms with E-state index >= 15 is 0 Å². The summed E-state index contributed by atoms with van der Waals surface area (Å²) >= 11 is 5.52. The lowest BCUT2D eigenvalue weighted by Crippen LogP contribution is -2.46. The van der Waals surface area contributed by atoms with Crippen LogP contribution in [0.2, 0.25) is 5.02 Å². The van der Waals surface area contributed by atoms with Gasteiger partial charge in [-0.15, -0.1) is 0 Å². The molecule has 1 unspecified atom stereocenters. The monoisotopic (exact) mass is 474 g/mol. The van der Waals surface area contributed by atoms with Crippen molar-refractivity contribution >= 4 is 35.1 Å². The van der Waals surface area contributed by atoms with Crippen LogP contribution < -0.4 is 10.6 Å². The van der Waals surface area contributed by atoms with Gasteiger partial charge in [0.1, 0.15) is 11.9 Å². The number of amides is 2. The Morgan fingerprint density at radius 2 is 1.75 bits per heavy atom. The van der Waals surface area contributed by atoms with Gasteiger partial charge in [0, 0.05) is 5.69 Å². The Hall–Kier alpha value is -3.14. The Bertz CT molecular complexity index is 1010. The zero-order valence-corrected chi connectivity index (χ0v) is 17.7. The molecule has 2 rings (SSSR count). The fourth-order valence-electron chi connectivity index (χ4n) is 2.61. The number of hydrogen-bond donors (Lipinski definition) is 2. The lowest BCUT2D eigenvalue weighted by atomic mass is 10.0. The van der Waals surface area contributed by atoms with E-state index in [9.17, 15) is 31.9 Å². The van der Waals surface area contributed by atoms with Crippen LogP contribution in [0.5, 0.6) is 0 Å². The molecule has 11 heteroatoms. The van der Waals surface area contributed by atoms with E-state index in [1.165, 1.54) is 18.2 Å². The fraction of sp³-hybridized carbons (Fsp3) is 0.286. The number of anilines is 1. The average molecular weight is 475 g/mol. The van der Waals surface area contributed by atoms with E-state index in [1.807, 2.05) is 0 Å². The molecule has 0 heterocycles. The Kier molecular flexibility index (Phi) is 8.20. The van der Waals surface area contributed by atoms with Gasteiger partial charge < -0.3 is 15.4 Å². The highest BCUT2D eigenvalue weighted by Gasteiger charge is 2.33. The van der Waals surface area contributed by atoms with Gasteiger partial charge in [-0.2, -0.15) is 13.2 Å². The Morgan fingerprint density at radius 3 is 2.34 bits per heavy atom. The minimum atomic E-state index is -4.72. The lowest BCUT2D eigenvalue weighted by Gasteiger charge is -2.21. The molecule has 32 heavy (non-hydrogen) atoms. The first-order valence-electron chi connectivity index (χ1n) is 9.28. The maximum Gasteiger partial charge on any atom is 0.417 e. The maximum atomic E-state index is 13.8. The summed E-state index contributed by atoms with van der Waals surface area (Å²) in [6.45, 7) is 2.38. The highest BCUT2D eigenvalue weighted by atomic mass is 35.5. The zero-order valence-electron chi connectivity index (χ0n) is 16.9. The van der Waals surface area contributed by atoms with Crippen molar-refractivity contribution in [3.05, 3.63) is 64.4 Å². The molecule has 2 N–H and O–H groups in total. The van der Waals surface area contributed by atoms with Crippen molar-refractivity contribution in [1.82, 2.24) is 5.32 Å². The van der Waals surface area contributed by atoms with Gasteiger partial charge in [-0.25, -0.2) is 9.18 Å². The van der Waals surface area contributed by atoms with E-state index in [0.29, 0.717) is 6.07 Å². The standard InChI is InChI=1S/C21H19ClF4N2O4/c1-11(2)18(28-19(30)13-5-3-4-6-16(13)23)20(31)32-10-17(29)27-12-7-8-15(22)14(9-12)21(24,25)26/h3-9,11,18H,10H2,1-2H3,(H,27,29)(H,28,30). The molecule has 0 aliphatic heterocycles. The molecule has 0 radical (unpaired) electrons. The normalized spacial score (nSPS) is 12.2. The van der Waals surface area contributed by atoms with Crippen LogP contribution in [0.1, 0.15) is 29.8 Å². The number of halogens is 5. The quantitative estimate of drug-likeness (QED) is 0.459. The third kappa shape index (κ3) is 6.68. The molecule has 2 aromatic carbocycles. The van der Waals surface area contributed by atoms with E-state index in [-0.39, 0.29) is 11.3 Å². The molecule has 1 atom stereocenters. The zero-order chi connectivity index (χ0) is 24.1. The van der Waals surface area contributed by atoms with Crippen molar-refractivity contribution in [3.8, 4) is 0 Å². The van der Waals surface area contributed by atoms with Crippen LogP contribution in [0.3, 0.4) is 0 Å². The number of benzene rings is 2. The third-order valence-corrected chi connectivity index (χ3v) is 4.56. The maximum absolute atomic E-state index is 13.8. The van der Waals surface area contributed by atoms with Crippen LogP contribution in [0.15, 0.2) is 42.5 Å². The third-order valence-electron chi connectivity index (χ3n) is 4.23. The summed E-state index contributed by atoms with van der Waals surface area (Å²) in [4.78, 5) is 36.6. The first-order chi connectivity index (χ1) is 14.9. The van der Waals surface area contributed by atoms with Gasteiger partial charge in [0.15, 0.2) is 6.61 Å². The molecule has 0 spiro atoms. The minimum absolute atomic E-state index is 0.198. The minimum Gasteiger partial charge on any atom is -0.454 e. The highest BCUT2D eigenvalue weighted by molar-refractivity contribution is 6.31. The van der Waals surface area contributed by atoms with Crippen molar-refractivity contribution in [2.45, 2.75) is 26.1 Å². The molecule has 2 amide bonds. The summed E-state index contributed by atoms with van der Waals surface area (Å²) in [5.41, 5.74) is -1.60. The van der Waals surface area contributed by atoms with Gasteiger partial charge in [0.2, 0.25) is 0 Å². The van der Waals surface area contributed by atoms with Crippen molar-refractivity contribution in [2.24, 2.45) is 5.92 Å². The summed E-state index contributed by atoms with van der Waals surface area (Å²) in [5.74, 6) is -3.96. The van der Waals surface area contributed by atoms with E-state index in [4.69, 9.17) is 16.3 Å². The van der Waals surface area contributed by atoms with Crippen LogP contribution in [0.25, 0.3) is 0 Å². The number of carbonyl (C=O) groups is 3. The average Bonchev–Trinajstić information content (AvgIpc) is 2.70. The molecular weight excluding hydrogens is 456 g/mol. The van der Waals surface area contributed by atoms with Crippen molar-refractivity contribution in [1.29, 1.82) is 0 Å². The molecule has 0 saturated heterocycles. The number of carbonyl (C=O) groups excluding carboxylic acids is 3. The van der Waals surface area contributed by atoms with Gasteiger partial charge in [-0.1, -0.05) is 37.6 Å². The molecule has 172 valence electrons. The molecule has 0 aliphatic rings. The smallest absolute Gasteiger partial charge is 0.417 e. The summed E-state index contributed by atoms with van der Waals surface area (Å²) in [7, 11) is 0. The van der Waals surface area contributed by atoms with Crippen LogP contribution in [-0.2, 0) is 20.5 Å². The number of esters is 1. The van der Waals surface area contributed by atoms with E-state index in [2.05, 4.69) is 10.6 Å². The molecule has 0 bridgehead atoms. The summed E-state index contributed by atoms with van der Waals surface area (Å²) < 4.78 is 57.4. The molecule has 0 aromatic heterocycles. The Labute approximate surface area is 185 Å². The first-order valence-corrected chi connectivity index (χ1v) is 9.66. The van der Waals surface area contributed by atoms with Crippen molar-refractivity contribution < 1.29 is 36.7 Å². The predicted molar refractivity (Wildman–Crippen MR) is 109 cm³/mol. The highest BCUT2D eigenvalue weighted by Crippen LogP contribution is 2.36. The van der Waals surface area contributed by atoms with E-state index < -0.39 is 58.9 Å². The fourth-order valence-corrected chi connectivity index (χ4v) is 2.83. The first kappa shape index (κ1) is 25.1. The van der Waals surface area contributed by atoms with Crippen LogP contribution >= 0.6 is 11.6 Å². The number of rotatable bonds is 7. The SMILES string of the molecule is CC(C)C(NC(=O)c1ccccc1F)C(=O)OCC(=O)Nc1ccc(Cl)c(C(F)(F)F)c1. The number of alkyl halides is 3. The molecule has 0 saturated carbocycles. The Morgan fingerprint density at radius 1 is 1.09 bits per heavy atom. The van der Waals surface area contributed by atoms with E-state index in [0.717, 1.165) is 18.2 Å². The molecular formula is C21H19ClF4N2O4. The second-order valence-corrected chi connectivity index (χ2v) is 7.43. The second kappa shape index (κ2) is 10.4.